The minimum atomic E-state index is -0.760. The Kier molecular flexibility index (Phi) is 3.51. The summed E-state index contributed by atoms with van der Waals surface area (Å²) in [5, 5.41) is 10.0. The van der Waals surface area contributed by atoms with Crippen molar-refractivity contribution in [2.75, 3.05) is 24.6 Å². The van der Waals surface area contributed by atoms with Crippen LogP contribution in [0.2, 0.25) is 5.02 Å². The SMILES string of the molecule is NCC(O)CN1C(=O)COc2ccc(Cl)cc21. The molecule has 1 unspecified atom stereocenters. The summed E-state index contributed by atoms with van der Waals surface area (Å²) in [7, 11) is 0. The Morgan fingerprint density at radius 3 is 3.06 bits per heavy atom. The second-order valence-electron chi connectivity index (χ2n) is 3.79. The number of hydrogen-bond donors (Lipinski definition) is 2. The Morgan fingerprint density at radius 1 is 1.59 bits per heavy atom. The molecular formula is C11H13ClN2O3. The number of hydrogen-bond acceptors (Lipinski definition) is 4. The van der Waals surface area contributed by atoms with E-state index >= 15 is 0 Å². The van der Waals surface area contributed by atoms with E-state index in [1.54, 1.807) is 18.2 Å². The second kappa shape index (κ2) is 4.91. The summed E-state index contributed by atoms with van der Waals surface area (Å²) in [6.45, 7) is 0.207. The first-order valence-electron chi connectivity index (χ1n) is 5.22. The van der Waals surface area contributed by atoms with Gasteiger partial charge in [-0.15, -0.1) is 0 Å². The maximum absolute atomic E-state index is 11.7. The lowest BCUT2D eigenvalue weighted by Gasteiger charge is -2.30. The molecular weight excluding hydrogens is 244 g/mol. The number of nitrogens with zero attached hydrogens (tertiary/aromatic N) is 1. The maximum Gasteiger partial charge on any atom is 0.265 e. The van der Waals surface area contributed by atoms with E-state index in [0.29, 0.717) is 16.5 Å². The van der Waals surface area contributed by atoms with E-state index in [1.807, 2.05) is 0 Å². The number of aliphatic hydroxyl groups excluding tert-OH is 1. The molecule has 1 atom stereocenters. The number of β-amino-alcohol motifs (C(OH)–C–C–N with tert-alkyl or cyclic N) is 1. The Balaban J connectivity index is 2.32. The van der Waals surface area contributed by atoms with Crippen LogP contribution < -0.4 is 15.4 Å². The third kappa shape index (κ3) is 2.52. The Bertz CT molecular complexity index is 439. The van der Waals surface area contributed by atoms with Gasteiger partial charge in [0.25, 0.3) is 5.91 Å². The fourth-order valence-electron chi connectivity index (χ4n) is 1.66. The van der Waals surface area contributed by atoms with E-state index in [1.165, 1.54) is 4.90 Å². The van der Waals surface area contributed by atoms with Gasteiger partial charge in [-0.05, 0) is 18.2 Å². The minimum Gasteiger partial charge on any atom is -0.482 e. The topological polar surface area (TPSA) is 75.8 Å². The molecule has 0 spiro atoms. The van der Waals surface area contributed by atoms with Gasteiger partial charge in [0.1, 0.15) is 5.75 Å². The fraction of sp³-hybridized carbons (Fsp3) is 0.364. The molecule has 3 N–H and O–H groups in total. The molecule has 0 saturated carbocycles. The molecule has 1 amide bonds. The van der Waals surface area contributed by atoms with Crippen molar-refractivity contribution < 1.29 is 14.6 Å². The number of anilines is 1. The van der Waals surface area contributed by atoms with Gasteiger partial charge in [0, 0.05) is 11.6 Å². The fourth-order valence-corrected chi connectivity index (χ4v) is 1.83. The van der Waals surface area contributed by atoms with Crippen molar-refractivity contribution in [3.63, 3.8) is 0 Å². The van der Waals surface area contributed by atoms with Gasteiger partial charge in [0.15, 0.2) is 6.61 Å². The molecule has 5 nitrogen and oxygen atoms in total. The molecule has 0 aliphatic carbocycles. The van der Waals surface area contributed by atoms with Crippen LogP contribution in [0.5, 0.6) is 5.75 Å². The van der Waals surface area contributed by atoms with Gasteiger partial charge in [0.2, 0.25) is 0 Å². The highest BCUT2D eigenvalue weighted by atomic mass is 35.5. The zero-order valence-corrected chi connectivity index (χ0v) is 9.85. The van der Waals surface area contributed by atoms with Crippen molar-refractivity contribution in [2.45, 2.75) is 6.10 Å². The Labute approximate surface area is 104 Å². The molecule has 1 aliphatic rings. The molecule has 1 aromatic carbocycles. The molecule has 0 radical (unpaired) electrons. The van der Waals surface area contributed by atoms with Crippen LogP contribution in [-0.2, 0) is 4.79 Å². The van der Waals surface area contributed by atoms with Gasteiger partial charge in [-0.3, -0.25) is 4.79 Å². The number of ether oxygens (including phenoxy) is 1. The van der Waals surface area contributed by atoms with Crippen molar-refractivity contribution in [3.05, 3.63) is 23.2 Å². The predicted octanol–water partition coefficient (Wildman–Crippen LogP) is 0.385. The van der Waals surface area contributed by atoms with Crippen molar-refractivity contribution in [1.82, 2.24) is 0 Å². The standard InChI is InChI=1S/C11H13ClN2O3/c12-7-1-2-10-9(3-7)14(5-8(15)4-13)11(16)6-17-10/h1-3,8,15H,4-6,13H2. The van der Waals surface area contributed by atoms with Crippen LogP contribution >= 0.6 is 11.6 Å². The third-order valence-electron chi connectivity index (χ3n) is 2.53. The largest absolute Gasteiger partial charge is 0.482 e. The summed E-state index contributed by atoms with van der Waals surface area (Å²) in [5.74, 6) is 0.366. The van der Waals surface area contributed by atoms with Gasteiger partial charge in [-0.2, -0.15) is 0 Å². The summed E-state index contributed by atoms with van der Waals surface area (Å²) < 4.78 is 5.27. The molecule has 6 heteroatoms. The summed E-state index contributed by atoms with van der Waals surface area (Å²) in [5.41, 5.74) is 5.91. The molecule has 1 aromatic rings. The monoisotopic (exact) mass is 256 g/mol. The summed E-state index contributed by atoms with van der Waals surface area (Å²) in [6, 6.07) is 5.02. The van der Waals surface area contributed by atoms with Gasteiger partial charge >= 0.3 is 0 Å². The number of benzene rings is 1. The first-order valence-corrected chi connectivity index (χ1v) is 5.60. The number of amides is 1. The molecule has 92 valence electrons. The van der Waals surface area contributed by atoms with Crippen LogP contribution in [0, 0.1) is 0 Å². The molecule has 1 heterocycles. The first-order chi connectivity index (χ1) is 8.11. The van der Waals surface area contributed by atoms with E-state index < -0.39 is 6.10 Å². The maximum atomic E-state index is 11.7. The van der Waals surface area contributed by atoms with Crippen molar-refractivity contribution in [3.8, 4) is 5.75 Å². The molecule has 2 rings (SSSR count). The number of nitrogens with two attached hydrogens (primary N) is 1. The smallest absolute Gasteiger partial charge is 0.265 e. The van der Waals surface area contributed by atoms with Crippen molar-refractivity contribution in [2.24, 2.45) is 5.73 Å². The van der Waals surface area contributed by atoms with Gasteiger partial charge in [0.05, 0.1) is 18.3 Å². The second-order valence-corrected chi connectivity index (χ2v) is 4.23. The van der Waals surface area contributed by atoms with E-state index in [-0.39, 0.29) is 25.6 Å². The lowest BCUT2D eigenvalue weighted by atomic mass is 10.2. The van der Waals surface area contributed by atoms with Gasteiger partial charge in [-0.1, -0.05) is 11.6 Å². The van der Waals surface area contributed by atoms with Crippen LogP contribution in [0.1, 0.15) is 0 Å². The summed E-state index contributed by atoms with van der Waals surface area (Å²) in [4.78, 5) is 13.2. The van der Waals surface area contributed by atoms with E-state index in [0.717, 1.165) is 0 Å². The number of aliphatic hydroxyl groups is 1. The molecule has 0 saturated heterocycles. The van der Waals surface area contributed by atoms with Crippen molar-refractivity contribution in [1.29, 1.82) is 0 Å². The minimum absolute atomic E-state index is 0.0358. The summed E-state index contributed by atoms with van der Waals surface area (Å²) in [6.07, 6.45) is -0.760. The highest BCUT2D eigenvalue weighted by Gasteiger charge is 2.27. The zero-order valence-electron chi connectivity index (χ0n) is 9.10. The number of halogens is 1. The van der Waals surface area contributed by atoms with E-state index in [9.17, 15) is 9.90 Å². The highest BCUT2D eigenvalue weighted by molar-refractivity contribution is 6.31. The first kappa shape index (κ1) is 12.2. The highest BCUT2D eigenvalue weighted by Crippen LogP contribution is 2.34. The lowest BCUT2D eigenvalue weighted by molar-refractivity contribution is -0.121. The molecule has 1 aliphatic heterocycles. The van der Waals surface area contributed by atoms with Crippen LogP contribution in [0.4, 0.5) is 5.69 Å². The third-order valence-corrected chi connectivity index (χ3v) is 2.76. The lowest BCUT2D eigenvalue weighted by Crippen LogP contribution is -2.44. The van der Waals surface area contributed by atoms with E-state index in [2.05, 4.69) is 0 Å². The average Bonchev–Trinajstić information content (AvgIpc) is 2.32. The van der Waals surface area contributed by atoms with Crippen LogP contribution in [0.15, 0.2) is 18.2 Å². The Morgan fingerprint density at radius 2 is 2.35 bits per heavy atom. The summed E-state index contributed by atoms with van der Waals surface area (Å²) >= 11 is 5.88. The Hall–Kier alpha value is -1.30. The molecule has 0 fully saturated rings. The molecule has 0 aromatic heterocycles. The number of fused-ring (bicyclic) bond motifs is 1. The molecule has 0 bridgehead atoms. The van der Waals surface area contributed by atoms with Crippen LogP contribution in [0.25, 0.3) is 0 Å². The number of carbonyl (C=O) groups excluding carboxylic acids is 1. The number of rotatable bonds is 3. The zero-order chi connectivity index (χ0) is 12.4. The van der Waals surface area contributed by atoms with Gasteiger partial charge in [-0.25, -0.2) is 0 Å². The quantitative estimate of drug-likeness (QED) is 0.820. The average molecular weight is 257 g/mol. The van der Waals surface area contributed by atoms with Crippen LogP contribution in [-0.4, -0.2) is 36.8 Å². The predicted molar refractivity (Wildman–Crippen MR) is 64.4 cm³/mol. The number of carbonyl (C=O) groups is 1. The van der Waals surface area contributed by atoms with Crippen LogP contribution in [0.3, 0.4) is 0 Å². The normalized spacial score (nSPS) is 16.4. The van der Waals surface area contributed by atoms with E-state index in [4.69, 9.17) is 22.1 Å². The van der Waals surface area contributed by atoms with Crippen molar-refractivity contribution >= 4 is 23.2 Å². The van der Waals surface area contributed by atoms with Gasteiger partial charge < -0.3 is 20.5 Å². The molecule has 17 heavy (non-hydrogen) atoms.